The quantitative estimate of drug-likeness (QED) is 0.582. The third-order valence-corrected chi connectivity index (χ3v) is 2.91. The van der Waals surface area contributed by atoms with Gasteiger partial charge in [-0.1, -0.05) is 0 Å². The van der Waals surface area contributed by atoms with Gasteiger partial charge in [0.2, 0.25) is 0 Å². The second kappa shape index (κ2) is 4.61. The largest absolute Gasteiger partial charge is 0.375 e. The van der Waals surface area contributed by atoms with Crippen molar-refractivity contribution in [3.63, 3.8) is 0 Å². The molecule has 1 aliphatic rings. The van der Waals surface area contributed by atoms with Gasteiger partial charge in [0.25, 0.3) is 0 Å². The maximum absolute atomic E-state index is 5.50. The van der Waals surface area contributed by atoms with Crippen LogP contribution >= 0.6 is 22.6 Å². The molecule has 15 heavy (non-hydrogen) atoms. The van der Waals surface area contributed by atoms with Crippen LogP contribution < -0.4 is 4.90 Å². The van der Waals surface area contributed by atoms with E-state index in [0.29, 0.717) is 0 Å². The molecular weight excluding hydrogens is 305 g/mol. The number of nitrogens with zero attached hydrogens (tertiary/aromatic N) is 3. The van der Waals surface area contributed by atoms with Gasteiger partial charge in [0.05, 0.1) is 12.7 Å². The second-order valence-corrected chi connectivity index (χ2v) is 4.83. The van der Waals surface area contributed by atoms with Gasteiger partial charge in [-0.05, 0) is 36.4 Å². The van der Waals surface area contributed by atoms with Gasteiger partial charge in [0.15, 0.2) is 0 Å². The minimum atomic E-state index is 0.284. The lowest BCUT2D eigenvalue weighted by Crippen LogP contribution is -2.41. The van der Waals surface area contributed by atoms with E-state index >= 15 is 0 Å². The monoisotopic (exact) mass is 319 g/mol. The molecule has 1 saturated heterocycles. The predicted octanol–water partition coefficient (Wildman–Crippen LogP) is 1.61. The van der Waals surface area contributed by atoms with Crippen molar-refractivity contribution in [2.24, 2.45) is 0 Å². The average molecular weight is 319 g/mol. The molecule has 1 fully saturated rings. The Hall–Kier alpha value is -0.430. The molecule has 0 spiro atoms. The van der Waals surface area contributed by atoms with Gasteiger partial charge >= 0.3 is 0 Å². The van der Waals surface area contributed by atoms with Gasteiger partial charge in [-0.2, -0.15) is 0 Å². The topological polar surface area (TPSA) is 38.2 Å². The van der Waals surface area contributed by atoms with Crippen molar-refractivity contribution in [2.45, 2.75) is 20.0 Å². The molecule has 82 valence electrons. The molecule has 0 radical (unpaired) electrons. The van der Waals surface area contributed by atoms with Crippen molar-refractivity contribution in [3.8, 4) is 0 Å². The van der Waals surface area contributed by atoms with Gasteiger partial charge in [-0.15, -0.1) is 0 Å². The minimum Gasteiger partial charge on any atom is -0.375 e. The van der Waals surface area contributed by atoms with E-state index in [1.54, 1.807) is 0 Å². The third-order valence-electron chi connectivity index (χ3n) is 2.36. The number of hydrogen-bond donors (Lipinski definition) is 0. The van der Waals surface area contributed by atoms with Crippen molar-refractivity contribution >= 4 is 28.4 Å². The normalized spacial score (nSPS) is 21.8. The fourth-order valence-electron chi connectivity index (χ4n) is 1.70. The summed E-state index contributed by atoms with van der Waals surface area (Å²) in [6.07, 6.45) is 0.284. The summed E-state index contributed by atoms with van der Waals surface area (Å²) in [4.78, 5) is 11.0. The highest BCUT2D eigenvalue weighted by molar-refractivity contribution is 14.1. The van der Waals surface area contributed by atoms with E-state index < -0.39 is 0 Å². The van der Waals surface area contributed by atoms with Crippen molar-refractivity contribution in [3.05, 3.63) is 15.6 Å². The van der Waals surface area contributed by atoms with Crippen LogP contribution in [0.1, 0.15) is 12.7 Å². The lowest BCUT2D eigenvalue weighted by atomic mass is 10.3. The summed E-state index contributed by atoms with van der Waals surface area (Å²) >= 11 is 2.22. The molecule has 1 aromatic heterocycles. The molecule has 0 saturated carbocycles. The maximum atomic E-state index is 5.50. The molecule has 0 aromatic carbocycles. The first-order valence-corrected chi connectivity index (χ1v) is 6.11. The molecule has 2 heterocycles. The first-order valence-electron chi connectivity index (χ1n) is 5.03. The Morgan fingerprint density at radius 3 is 3.00 bits per heavy atom. The Balaban J connectivity index is 2.20. The van der Waals surface area contributed by atoms with E-state index in [2.05, 4.69) is 44.4 Å². The molecular formula is C10H14IN3O. The maximum Gasteiger partial charge on any atom is 0.133 e. The summed E-state index contributed by atoms with van der Waals surface area (Å²) in [7, 11) is 0. The van der Waals surface area contributed by atoms with Gasteiger partial charge < -0.3 is 9.64 Å². The first kappa shape index (κ1) is 11.1. The van der Waals surface area contributed by atoms with Crippen LogP contribution in [-0.4, -0.2) is 35.8 Å². The zero-order valence-electron chi connectivity index (χ0n) is 8.90. The molecule has 5 heteroatoms. The fraction of sp³-hybridized carbons (Fsp3) is 0.600. The average Bonchev–Trinajstić information content (AvgIpc) is 2.16. The van der Waals surface area contributed by atoms with E-state index in [-0.39, 0.29) is 6.10 Å². The van der Waals surface area contributed by atoms with Crippen LogP contribution in [0.5, 0.6) is 0 Å². The van der Waals surface area contributed by atoms with E-state index in [1.807, 2.05) is 13.0 Å². The predicted molar refractivity (Wildman–Crippen MR) is 67.1 cm³/mol. The lowest BCUT2D eigenvalue weighted by molar-refractivity contribution is 0.0529. The number of morpholine rings is 1. The SMILES string of the molecule is Cc1nc(I)cc(N2CCO[C@@H](C)C2)n1. The number of hydrogen-bond acceptors (Lipinski definition) is 4. The van der Waals surface area contributed by atoms with Crippen molar-refractivity contribution in [2.75, 3.05) is 24.6 Å². The highest BCUT2D eigenvalue weighted by Gasteiger charge is 2.18. The van der Waals surface area contributed by atoms with Gasteiger partial charge in [-0.3, -0.25) is 0 Å². The number of halogens is 1. The van der Waals surface area contributed by atoms with Crippen molar-refractivity contribution < 1.29 is 4.74 Å². The molecule has 0 aliphatic carbocycles. The Kier molecular flexibility index (Phi) is 3.40. The van der Waals surface area contributed by atoms with Crippen LogP contribution in [0, 0.1) is 10.6 Å². The van der Waals surface area contributed by atoms with E-state index in [1.165, 1.54) is 0 Å². The zero-order chi connectivity index (χ0) is 10.8. The van der Waals surface area contributed by atoms with E-state index in [4.69, 9.17) is 4.74 Å². The Labute approximate surface area is 103 Å². The van der Waals surface area contributed by atoms with Gasteiger partial charge in [0, 0.05) is 19.2 Å². The Bertz CT molecular complexity index is 338. The summed E-state index contributed by atoms with van der Waals surface area (Å²) in [5.74, 6) is 1.85. The van der Waals surface area contributed by atoms with Crippen LogP contribution in [0.3, 0.4) is 0 Å². The van der Waals surface area contributed by atoms with Gasteiger partial charge in [-0.25, -0.2) is 9.97 Å². The first-order chi connectivity index (χ1) is 7.15. The van der Waals surface area contributed by atoms with Crippen LogP contribution in [0.4, 0.5) is 5.82 Å². The molecule has 1 aromatic rings. The molecule has 1 aliphatic heterocycles. The van der Waals surface area contributed by atoms with Crippen LogP contribution in [-0.2, 0) is 4.74 Å². The number of aryl methyl sites for hydroxylation is 1. The van der Waals surface area contributed by atoms with Crippen molar-refractivity contribution in [1.82, 2.24) is 9.97 Å². The molecule has 0 amide bonds. The summed E-state index contributed by atoms with van der Waals surface area (Å²) in [5, 5.41) is 0. The number of ether oxygens (including phenoxy) is 1. The smallest absolute Gasteiger partial charge is 0.133 e. The number of rotatable bonds is 1. The molecule has 0 unspecified atom stereocenters. The number of aromatic nitrogens is 2. The standard InChI is InChI=1S/C10H14IN3O/c1-7-6-14(3-4-15-7)10-5-9(11)12-8(2)13-10/h5,7H,3-4,6H2,1-2H3/t7-/m0/s1. The highest BCUT2D eigenvalue weighted by atomic mass is 127. The van der Waals surface area contributed by atoms with Crippen molar-refractivity contribution in [1.29, 1.82) is 0 Å². The summed E-state index contributed by atoms with van der Waals surface area (Å²) in [6.45, 7) is 6.62. The van der Waals surface area contributed by atoms with Crippen LogP contribution in [0.2, 0.25) is 0 Å². The Morgan fingerprint density at radius 2 is 2.33 bits per heavy atom. The fourth-order valence-corrected chi connectivity index (χ4v) is 2.33. The molecule has 0 N–H and O–H groups in total. The zero-order valence-corrected chi connectivity index (χ0v) is 11.1. The van der Waals surface area contributed by atoms with Gasteiger partial charge in [0.1, 0.15) is 15.3 Å². The Morgan fingerprint density at radius 1 is 1.53 bits per heavy atom. The van der Waals surface area contributed by atoms with Crippen LogP contribution in [0.25, 0.3) is 0 Å². The van der Waals surface area contributed by atoms with Crippen LogP contribution in [0.15, 0.2) is 6.07 Å². The second-order valence-electron chi connectivity index (χ2n) is 3.72. The molecule has 1 atom stereocenters. The molecule has 0 bridgehead atoms. The van der Waals surface area contributed by atoms with E-state index in [0.717, 1.165) is 35.0 Å². The highest BCUT2D eigenvalue weighted by Crippen LogP contribution is 2.17. The molecule has 2 rings (SSSR count). The number of anilines is 1. The minimum absolute atomic E-state index is 0.284. The summed E-state index contributed by atoms with van der Waals surface area (Å²) < 4.78 is 6.50. The van der Waals surface area contributed by atoms with E-state index in [9.17, 15) is 0 Å². The molecule has 4 nitrogen and oxygen atoms in total. The lowest BCUT2D eigenvalue weighted by Gasteiger charge is -2.32. The summed E-state index contributed by atoms with van der Waals surface area (Å²) in [5.41, 5.74) is 0. The summed E-state index contributed by atoms with van der Waals surface area (Å²) in [6, 6.07) is 2.02. The third kappa shape index (κ3) is 2.78.